The zero-order chi connectivity index (χ0) is 50.6. The van der Waals surface area contributed by atoms with Crippen LogP contribution in [-0.4, -0.2) is 37.9 Å². The van der Waals surface area contributed by atoms with Gasteiger partial charge in [0.15, 0.2) is 6.10 Å². The van der Waals surface area contributed by atoms with Crippen molar-refractivity contribution in [3.8, 4) is 0 Å². The highest BCUT2D eigenvalue weighted by atomic mass is 16.6. The van der Waals surface area contributed by atoms with E-state index in [1.165, 1.54) is 161 Å². The summed E-state index contributed by atoms with van der Waals surface area (Å²) in [7, 11) is 0. The van der Waals surface area contributed by atoms with Gasteiger partial charge in [-0.25, -0.2) is 0 Å². The SMILES string of the molecule is CC/C=C\C/C=C\C/C=C\C/C=C\C/C=C\CCCCCC(=O)OCC(COCCCCCCCCCCCCCCCCCCCC)OC(=O)CCCCCCCCC/C=C\C/C=C\CCCCC. The van der Waals surface area contributed by atoms with Gasteiger partial charge in [-0.15, -0.1) is 0 Å². The molecule has 0 bridgehead atoms. The third-order valence-electron chi connectivity index (χ3n) is 12.9. The van der Waals surface area contributed by atoms with Crippen LogP contribution < -0.4 is 0 Å². The highest BCUT2D eigenvalue weighted by molar-refractivity contribution is 5.70. The van der Waals surface area contributed by atoms with Crippen molar-refractivity contribution in [1.82, 2.24) is 0 Å². The second-order valence-electron chi connectivity index (χ2n) is 19.9. The topological polar surface area (TPSA) is 61.8 Å². The second-order valence-corrected chi connectivity index (χ2v) is 19.9. The summed E-state index contributed by atoms with van der Waals surface area (Å²) in [6, 6.07) is 0. The van der Waals surface area contributed by atoms with E-state index in [9.17, 15) is 9.59 Å². The molecule has 0 saturated carbocycles. The van der Waals surface area contributed by atoms with E-state index in [1.54, 1.807) is 0 Å². The zero-order valence-electron chi connectivity index (χ0n) is 46.5. The van der Waals surface area contributed by atoms with Gasteiger partial charge in [0.05, 0.1) is 6.61 Å². The van der Waals surface area contributed by atoms with E-state index in [4.69, 9.17) is 14.2 Å². The van der Waals surface area contributed by atoms with Crippen molar-refractivity contribution >= 4 is 11.9 Å². The molecule has 70 heavy (non-hydrogen) atoms. The maximum atomic E-state index is 12.9. The molecule has 0 aliphatic rings. The van der Waals surface area contributed by atoms with Gasteiger partial charge in [0.2, 0.25) is 0 Å². The average Bonchev–Trinajstić information content (AvgIpc) is 3.36. The first kappa shape index (κ1) is 67.1. The number of allylic oxidation sites excluding steroid dienone is 14. The van der Waals surface area contributed by atoms with E-state index in [-0.39, 0.29) is 25.2 Å². The minimum absolute atomic E-state index is 0.0642. The third kappa shape index (κ3) is 57.7. The maximum Gasteiger partial charge on any atom is 0.306 e. The van der Waals surface area contributed by atoms with E-state index in [2.05, 4.69) is 106 Å². The average molecular weight is 976 g/mol. The van der Waals surface area contributed by atoms with Crippen LogP contribution in [-0.2, 0) is 23.8 Å². The molecule has 0 N–H and O–H groups in total. The maximum absolute atomic E-state index is 12.9. The Kier molecular flexibility index (Phi) is 57.9. The molecule has 0 rings (SSSR count). The molecule has 5 nitrogen and oxygen atoms in total. The van der Waals surface area contributed by atoms with Gasteiger partial charge in [-0.2, -0.15) is 0 Å². The highest BCUT2D eigenvalue weighted by Crippen LogP contribution is 2.16. The van der Waals surface area contributed by atoms with Crippen molar-refractivity contribution in [3.05, 3.63) is 85.1 Å². The van der Waals surface area contributed by atoms with Crippen molar-refractivity contribution in [2.24, 2.45) is 0 Å². The predicted octanol–water partition coefficient (Wildman–Crippen LogP) is 20.8. The lowest BCUT2D eigenvalue weighted by Gasteiger charge is -2.18. The first-order valence-corrected chi connectivity index (χ1v) is 30.1. The normalized spacial score (nSPS) is 12.8. The fraction of sp³-hybridized carbons (Fsp3) is 0.754. The van der Waals surface area contributed by atoms with Crippen LogP contribution in [0.3, 0.4) is 0 Å². The van der Waals surface area contributed by atoms with Crippen molar-refractivity contribution in [1.29, 1.82) is 0 Å². The van der Waals surface area contributed by atoms with Gasteiger partial charge >= 0.3 is 11.9 Å². The van der Waals surface area contributed by atoms with Crippen LogP contribution in [0.2, 0.25) is 0 Å². The molecule has 0 aliphatic heterocycles. The van der Waals surface area contributed by atoms with E-state index in [0.29, 0.717) is 19.4 Å². The van der Waals surface area contributed by atoms with Crippen LogP contribution in [0.5, 0.6) is 0 Å². The first-order valence-electron chi connectivity index (χ1n) is 30.1. The summed E-state index contributed by atoms with van der Waals surface area (Å²) in [6.07, 6.45) is 80.4. The number of rotatable bonds is 55. The summed E-state index contributed by atoms with van der Waals surface area (Å²) in [5.74, 6) is -0.434. The Bertz CT molecular complexity index is 1290. The lowest BCUT2D eigenvalue weighted by atomic mass is 10.0. The molecule has 0 aromatic carbocycles. The monoisotopic (exact) mass is 975 g/mol. The third-order valence-corrected chi connectivity index (χ3v) is 12.9. The Labute approximate surface area is 435 Å². The number of hydrogen-bond donors (Lipinski definition) is 0. The Morgan fingerprint density at radius 1 is 0.329 bits per heavy atom. The molecular weight excluding hydrogens is 861 g/mol. The fourth-order valence-corrected chi connectivity index (χ4v) is 8.45. The Hall–Kier alpha value is -2.92. The number of carbonyl (C=O) groups is 2. The van der Waals surface area contributed by atoms with Gasteiger partial charge in [0.1, 0.15) is 6.61 Å². The lowest BCUT2D eigenvalue weighted by molar-refractivity contribution is -0.163. The number of esters is 2. The minimum atomic E-state index is -0.557. The van der Waals surface area contributed by atoms with E-state index in [0.717, 1.165) is 96.3 Å². The highest BCUT2D eigenvalue weighted by Gasteiger charge is 2.17. The van der Waals surface area contributed by atoms with Crippen molar-refractivity contribution in [3.63, 3.8) is 0 Å². The van der Waals surface area contributed by atoms with Crippen LogP contribution >= 0.6 is 0 Å². The van der Waals surface area contributed by atoms with Crippen molar-refractivity contribution in [2.75, 3.05) is 19.8 Å². The van der Waals surface area contributed by atoms with Gasteiger partial charge < -0.3 is 14.2 Å². The molecular formula is C65H114O5. The molecule has 0 heterocycles. The van der Waals surface area contributed by atoms with Crippen LogP contribution in [0, 0.1) is 0 Å². The van der Waals surface area contributed by atoms with E-state index in [1.807, 2.05) is 0 Å². The first-order chi connectivity index (χ1) is 34.6. The summed E-state index contributed by atoms with van der Waals surface area (Å²) < 4.78 is 17.5. The molecule has 1 atom stereocenters. The molecule has 0 radical (unpaired) electrons. The Balaban J connectivity index is 4.34. The smallest absolute Gasteiger partial charge is 0.306 e. The molecule has 1 unspecified atom stereocenters. The van der Waals surface area contributed by atoms with Crippen LogP contribution in [0.25, 0.3) is 0 Å². The molecule has 0 spiro atoms. The summed E-state index contributed by atoms with van der Waals surface area (Å²) in [6.45, 7) is 7.69. The van der Waals surface area contributed by atoms with Crippen LogP contribution in [0.4, 0.5) is 0 Å². The largest absolute Gasteiger partial charge is 0.462 e. The summed E-state index contributed by atoms with van der Waals surface area (Å²) in [4.78, 5) is 25.6. The molecule has 0 aliphatic carbocycles. The standard InChI is InChI=1S/C65H114O5/c1-4-7-10-13-16-19-22-25-28-31-33-35-37-40-43-46-49-52-55-58-64(66)69-62-63(61-68-60-57-54-51-48-45-42-39-36-32-29-26-23-20-17-14-11-8-5-2)70-65(67)59-56-53-50-47-44-41-38-34-30-27-24-21-18-15-12-9-6-3/h7,10,16,18-19,21,25,27-28,30,33,35,40,43,63H,4-6,8-9,11-15,17,20,22-24,26,29,31-32,34,36-39,41-42,44-62H2,1-3H3/b10-7-,19-16-,21-18-,28-25-,30-27-,35-33-,43-40-. The van der Waals surface area contributed by atoms with Gasteiger partial charge in [0.25, 0.3) is 0 Å². The Morgan fingerprint density at radius 3 is 1.07 bits per heavy atom. The molecule has 404 valence electrons. The van der Waals surface area contributed by atoms with Crippen LogP contribution in [0.15, 0.2) is 85.1 Å². The van der Waals surface area contributed by atoms with E-state index < -0.39 is 6.10 Å². The predicted molar refractivity (Wildman–Crippen MR) is 307 cm³/mol. The number of hydrogen-bond acceptors (Lipinski definition) is 5. The molecule has 0 aromatic rings. The number of unbranched alkanes of at least 4 members (excludes halogenated alkanes) is 30. The quantitative estimate of drug-likeness (QED) is 0.0345. The minimum Gasteiger partial charge on any atom is -0.462 e. The molecule has 5 heteroatoms. The van der Waals surface area contributed by atoms with Gasteiger partial charge in [-0.1, -0.05) is 266 Å². The fourth-order valence-electron chi connectivity index (χ4n) is 8.45. The van der Waals surface area contributed by atoms with Crippen molar-refractivity contribution in [2.45, 2.75) is 297 Å². The van der Waals surface area contributed by atoms with Gasteiger partial charge in [-0.3, -0.25) is 9.59 Å². The summed E-state index contributed by atoms with van der Waals surface area (Å²) >= 11 is 0. The summed E-state index contributed by atoms with van der Waals surface area (Å²) in [5, 5.41) is 0. The van der Waals surface area contributed by atoms with Crippen molar-refractivity contribution < 1.29 is 23.8 Å². The molecule has 0 saturated heterocycles. The van der Waals surface area contributed by atoms with Gasteiger partial charge in [0, 0.05) is 19.4 Å². The number of ether oxygens (including phenoxy) is 3. The molecule has 0 fully saturated rings. The van der Waals surface area contributed by atoms with E-state index >= 15 is 0 Å². The summed E-state index contributed by atoms with van der Waals surface area (Å²) in [5.41, 5.74) is 0. The lowest BCUT2D eigenvalue weighted by Crippen LogP contribution is -2.30. The number of carbonyl (C=O) groups excluding carboxylic acids is 2. The molecule has 0 amide bonds. The van der Waals surface area contributed by atoms with Crippen LogP contribution in [0.1, 0.15) is 290 Å². The molecule has 0 aromatic heterocycles. The second kappa shape index (κ2) is 60.4. The Morgan fingerprint density at radius 2 is 0.643 bits per heavy atom. The zero-order valence-corrected chi connectivity index (χ0v) is 46.5. The van der Waals surface area contributed by atoms with Gasteiger partial charge in [-0.05, 0) is 96.3 Å².